The van der Waals surface area contributed by atoms with Crippen LogP contribution in [-0.2, 0) is 16.1 Å². The number of hydrogen-bond acceptors (Lipinski definition) is 5. The third-order valence-corrected chi connectivity index (χ3v) is 6.33. The van der Waals surface area contributed by atoms with Crippen molar-refractivity contribution in [2.75, 3.05) is 13.7 Å². The smallest absolute Gasteiger partial charge is 0.264 e. The van der Waals surface area contributed by atoms with Crippen LogP contribution in [0.4, 0.5) is 0 Å². The zero-order valence-electron chi connectivity index (χ0n) is 21.0. The lowest BCUT2D eigenvalue weighted by Gasteiger charge is -2.16. The van der Waals surface area contributed by atoms with E-state index in [-0.39, 0.29) is 11.9 Å². The monoisotopic (exact) mass is 486 g/mol. The molecule has 0 bridgehead atoms. The maximum Gasteiger partial charge on any atom is 0.264 e. The molecule has 0 spiro atoms. The van der Waals surface area contributed by atoms with Crippen LogP contribution in [0.1, 0.15) is 55.3 Å². The van der Waals surface area contributed by atoms with Crippen molar-refractivity contribution in [2.45, 2.75) is 51.2 Å². The Morgan fingerprint density at radius 3 is 2.50 bits per heavy atom. The van der Waals surface area contributed by atoms with Crippen LogP contribution in [-0.4, -0.2) is 31.4 Å². The lowest BCUT2D eigenvalue weighted by atomic mass is 10.0. The molecule has 1 N–H and O–H groups in total. The molecule has 0 saturated heterocycles. The van der Waals surface area contributed by atoms with Crippen molar-refractivity contribution in [3.8, 4) is 11.5 Å². The maximum atomic E-state index is 12.7. The number of hydrogen-bond donors (Lipinski definition) is 1. The van der Waals surface area contributed by atoms with Crippen LogP contribution in [0, 0.1) is 0 Å². The number of carbonyl (C=O) groups is 1. The molecule has 1 aliphatic rings. The number of nitrogens with one attached hydrogen (secondary N) is 1. The summed E-state index contributed by atoms with van der Waals surface area (Å²) in [5, 5.41) is 7.21. The van der Waals surface area contributed by atoms with E-state index in [1.54, 1.807) is 7.11 Å². The third kappa shape index (κ3) is 6.87. The van der Waals surface area contributed by atoms with E-state index in [4.69, 9.17) is 14.3 Å². The number of aryl methyl sites for hydroxylation is 1. The lowest BCUT2D eigenvalue weighted by Crippen LogP contribution is -2.36. The molecule has 0 saturated carbocycles. The van der Waals surface area contributed by atoms with Gasteiger partial charge in [-0.05, 0) is 61.9 Å². The van der Waals surface area contributed by atoms with Gasteiger partial charge in [0.1, 0.15) is 0 Å². The summed E-state index contributed by atoms with van der Waals surface area (Å²) in [7, 11) is 1.63. The normalized spacial score (nSPS) is 15.5. The summed E-state index contributed by atoms with van der Waals surface area (Å²) >= 11 is 0. The number of rotatable bonds is 12. The van der Waals surface area contributed by atoms with E-state index in [1.807, 2.05) is 61.5 Å². The van der Waals surface area contributed by atoms with Gasteiger partial charge in [0.15, 0.2) is 11.5 Å². The van der Waals surface area contributed by atoms with E-state index >= 15 is 0 Å². The van der Waals surface area contributed by atoms with Crippen molar-refractivity contribution in [1.29, 1.82) is 0 Å². The molecular formula is C30H34N2O4. The second-order valence-electron chi connectivity index (χ2n) is 8.99. The van der Waals surface area contributed by atoms with Gasteiger partial charge in [-0.15, -0.1) is 0 Å². The van der Waals surface area contributed by atoms with Gasteiger partial charge in [0, 0.05) is 12.0 Å². The summed E-state index contributed by atoms with van der Waals surface area (Å²) in [5.41, 5.74) is 4.00. The number of nitrogens with zero attached hydrogens (tertiary/aromatic N) is 1. The van der Waals surface area contributed by atoms with Gasteiger partial charge >= 0.3 is 0 Å². The minimum atomic E-state index is -0.651. The topological polar surface area (TPSA) is 69.2 Å². The molecule has 1 unspecified atom stereocenters. The van der Waals surface area contributed by atoms with E-state index < -0.39 is 6.10 Å². The van der Waals surface area contributed by atoms with Gasteiger partial charge in [0.2, 0.25) is 6.10 Å². The molecule has 0 aliphatic carbocycles. The molecular weight excluding hydrogens is 452 g/mol. The molecule has 2 atom stereocenters. The molecule has 188 valence electrons. The van der Waals surface area contributed by atoms with E-state index in [1.165, 1.54) is 5.56 Å². The van der Waals surface area contributed by atoms with Crippen molar-refractivity contribution < 1.29 is 19.1 Å². The first-order valence-electron chi connectivity index (χ1n) is 12.6. The van der Waals surface area contributed by atoms with Crippen LogP contribution in [0.2, 0.25) is 0 Å². The van der Waals surface area contributed by atoms with E-state index in [0.29, 0.717) is 24.5 Å². The summed E-state index contributed by atoms with van der Waals surface area (Å²) in [6.07, 6.45) is 4.02. The van der Waals surface area contributed by atoms with Crippen LogP contribution in [0.3, 0.4) is 0 Å². The standard InChI is InChI=1S/C30H34N2O4/c1-22(24-15-9-4-10-16-24)31-30(33)29-21-26(32-36-29)25-17-18-27(34-2)28(20-25)35-19-11-5-8-14-23-12-6-3-7-13-23/h3-4,6-7,9-10,12-13,15-18,20,22,29H,5,8,11,14,19,21H2,1-2H3,(H,31,33)/t22?,29-/m0/s1. The Morgan fingerprint density at radius 1 is 1.00 bits per heavy atom. The quantitative estimate of drug-likeness (QED) is 0.326. The average molecular weight is 487 g/mol. The first-order valence-corrected chi connectivity index (χ1v) is 12.6. The summed E-state index contributed by atoms with van der Waals surface area (Å²) in [4.78, 5) is 18.2. The summed E-state index contributed by atoms with van der Waals surface area (Å²) in [5.74, 6) is 1.17. The van der Waals surface area contributed by atoms with Gasteiger partial charge in [0.25, 0.3) is 5.91 Å². The van der Waals surface area contributed by atoms with Crippen molar-refractivity contribution in [2.24, 2.45) is 5.16 Å². The Balaban J connectivity index is 1.26. The van der Waals surface area contributed by atoms with Gasteiger partial charge in [-0.25, -0.2) is 0 Å². The highest BCUT2D eigenvalue weighted by Gasteiger charge is 2.30. The highest BCUT2D eigenvalue weighted by molar-refractivity contribution is 6.04. The van der Waals surface area contributed by atoms with Crippen molar-refractivity contribution >= 4 is 11.6 Å². The predicted molar refractivity (Wildman–Crippen MR) is 142 cm³/mol. The van der Waals surface area contributed by atoms with Crippen LogP contribution in [0.5, 0.6) is 11.5 Å². The molecule has 4 rings (SSSR count). The van der Waals surface area contributed by atoms with Gasteiger partial charge in [-0.1, -0.05) is 65.8 Å². The van der Waals surface area contributed by atoms with Crippen molar-refractivity contribution in [3.63, 3.8) is 0 Å². The van der Waals surface area contributed by atoms with Gasteiger partial charge in [-0.2, -0.15) is 0 Å². The van der Waals surface area contributed by atoms with Crippen LogP contribution < -0.4 is 14.8 Å². The van der Waals surface area contributed by atoms with Crippen molar-refractivity contribution in [1.82, 2.24) is 5.32 Å². The van der Waals surface area contributed by atoms with Crippen LogP contribution in [0.15, 0.2) is 84.0 Å². The molecule has 36 heavy (non-hydrogen) atoms. The zero-order valence-corrected chi connectivity index (χ0v) is 21.0. The van der Waals surface area contributed by atoms with Gasteiger partial charge in [-0.3, -0.25) is 4.79 Å². The van der Waals surface area contributed by atoms with E-state index in [9.17, 15) is 4.79 Å². The third-order valence-electron chi connectivity index (χ3n) is 6.33. The van der Waals surface area contributed by atoms with E-state index in [2.05, 4.69) is 34.7 Å². The summed E-state index contributed by atoms with van der Waals surface area (Å²) < 4.78 is 11.5. The van der Waals surface area contributed by atoms with Gasteiger partial charge in [0.05, 0.1) is 25.5 Å². The Bertz CT molecular complexity index is 1150. The number of unbranched alkanes of at least 4 members (excludes halogenated alkanes) is 2. The van der Waals surface area contributed by atoms with Crippen LogP contribution in [0.25, 0.3) is 0 Å². The molecule has 0 aromatic heterocycles. The Morgan fingerprint density at radius 2 is 1.75 bits per heavy atom. The molecule has 6 heteroatoms. The van der Waals surface area contributed by atoms with Crippen LogP contribution >= 0.6 is 0 Å². The second kappa shape index (κ2) is 12.8. The average Bonchev–Trinajstić information content (AvgIpc) is 3.42. The minimum absolute atomic E-state index is 0.111. The molecule has 3 aromatic carbocycles. The highest BCUT2D eigenvalue weighted by Crippen LogP contribution is 2.30. The molecule has 1 amide bonds. The molecule has 6 nitrogen and oxygen atoms in total. The van der Waals surface area contributed by atoms with E-state index in [0.717, 1.165) is 42.5 Å². The molecule has 0 fully saturated rings. The largest absolute Gasteiger partial charge is 0.493 e. The molecule has 1 aliphatic heterocycles. The van der Waals surface area contributed by atoms with Gasteiger partial charge < -0.3 is 19.6 Å². The maximum absolute atomic E-state index is 12.7. The number of oxime groups is 1. The second-order valence-corrected chi connectivity index (χ2v) is 8.99. The molecule has 1 heterocycles. The number of benzene rings is 3. The lowest BCUT2D eigenvalue weighted by molar-refractivity contribution is -0.131. The Kier molecular flexibility index (Phi) is 8.98. The minimum Gasteiger partial charge on any atom is -0.493 e. The molecule has 3 aromatic rings. The number of ether oxygens (including phenoxy) is 2. The zero-order chi connectivity index (χ0) is 25.2. The predicted octanol–water partition coefficient (Wildman–Crippen LogP) is 5.86. The summed E-state index contributed by atoms with van der Waals surface area (Å²) in [6, 6.07) is 26.0. The van der Waals surface area contributed by atoms with Crippen molar-refractivity contribution in [3.05, 3.63) is 95.6 Å². The fraction of sp³-hybridized carbons (Fsp3) is 0.333. The number of carbonyl (C=O) groups excluding carboxylic acids is 1. The SMILES string of the molecule is COc1ccc(C2=NO[C@H](C(=O)NC(C)c3ccccc3)C2)cc1OCCCCCc1ccccc1. The Hall–Kier alpha value is -3.80. The highest BCUT2D eigenvalue weighted by atomic mass is 16.6. The fourth-order valence-corrected chi connectivity index (χ4v) is 4.22. The number of amides is 1. The Labute approximate surface area is 213 Å². The first kappa shape index (κ1) is 25.3. The molecule has 0 radical (unpaired) electrons. The summed E-state index contributed by atoms with van der Waals surface area (Å²) in [6.45, 7) is 2.57. The number of methoxy groups -OCH3 is 1. The fourth-order valence-electron chi connectivity index (χ4n) is 4.22. The first-order chi connectivity index (χ1) is 17.6.